The van der Waals surface area contributed by atoms with Crippen LogP contribution in [0.5, 0.6) is 0 Å². The number of rotatable bonds is 4. The van der Waals surface area contributed by atoms with Gasteiger partial charge in [-0.2, -0.15) is 4.98 Å². The second-order valence-electron chi connectivity index (χ2n) is 4.96. The zero-order valence-electron chi connectivity index (χ0n) is 11.1. The monoisotopic (exact) mass is 312 g/mol. The molecule has 18 heavy (non-hydrogen) atoms. The summed E-state index contributed by atoms with van der Waals surface area (Å²) >= 11 is 3.55. The number of hydrogen-bond donors (Lipinski definition) is 1. The number of piperidine rings is 1. The highest BCUT2D eigenvalue weighted by atomic mass is 79.9. The fourth-order valence-electron chi connectivity index (χ4n) is 2.12. The minimum Gasteiger partial charge on any atom is -0.355 e. The van der Waals surface area contributed by atoms with Crippen molar-refractivity contribution in [1.82, 2.24) is 9.97 Å². The van der Waals surface area contributed by atoms with Crippen molar-refractivity contribution in [3.05, 3.63) is 10.7 Å². The average Bonchev–Trinajstić information content (AvgIpc) is 2.39. The number of anilines is 2. The van der Waals surface area contributed by atoms with Gasteiger partial charge in [0, 0.05) is 25.8 Å². The van der Waals surface area contributed by atoms with Gasteiger partial charge < -0.3 is 10.2 Å². The molecule has 0 amide bonds. The Labute approximate surface area is 117 Å². The van der Waals surface area contributed by atoms with Gasteiger partial charge in [0.25, 0.3) is 0 Å². The van der Waals surface area contributed by atoms with E-state index in [0.717, 1.165) is 48.2 Å². The summed E-state index contributed by atoms with van der Waals surface area (Å²) in [5.74, 6) is 2.59. The van der Waals surface area contributed by atoms with E-state index in [-0.39, 0.29) is 0 Å². The van der Waals surface area contributed by atoms with E-state index >= 15 is 0 Å². The first-order valence-corrected chi connectivity index (χ1v) is 7.51. The van der Waals surface area contributed by atoms with E-state index in [1.54, 1.807) is 0 Å². The molecule has 2 rings (SSSR count). The predicted octanol–water partition coefficient (Wildman–Crippen LogP) is 3.30. The molecule has 1 N–H and O–H groups in total. The lowest BCUT2D eigenvalue weighted by Gasteiger charge is -2.31. The van der Waals surface area contributed by atoms with Crippen LogP contribution < -0.4 is 10.2 Å². The summed E-state index contributed by atoms with van der Waals surface area (Å²) in [5, 5.41) is 3.24. The van der Waals surface area contributed by atoms with Crippen LogP contribution in [0.4, 0.5) is 11.8 Å². The predicted molar refractivity (Wildman–Crippen MR) is 79.1 cm³/mol. The molecule has 1 aromatic rings. The van der Waals surface area contributed by atoms with Gasteiger partial charge in [-0.15, -0.1) is 0 Å². The molecule has 1 saturated heterocycles. The second kappa shape index (κ2) is 6.36. The zero-order chi connectivity index (χ0) is 13.0. The van der Waals surface area contributed by atoms with Gasteiger partial charge in [0.1, 0.15) is 5.82 Å². The Hall–Kier alpha value is -0.840. The van der Waals surface area contributed by atoms with E-state index in [9.17, 15) is 0 Å². The van der Waals surface area contributed by atoms with Crippen LogP contribution in [-0.2, 0) is 0 Å². The van der Waals surface area contributed by atoms with Crippen LogP contribution in [-0.4, -0.2) is 29.6 Å². The summed E-state index contributed by atoms with van der Waals surface area (Å²) in [4.78, 5) is 11.3. The molecule has 100 valence electrons. The zero-order valence-corrected chi connectivity index (χ0v) is 12.7. The first kappa shape index (κ1) is 13.6. The number of nitrogens with zero attached hydrogens (tertiary/aromatic N) is 3. The van der Waals surface area contributed by atoms with Crippen molar-refractivity contribution >= 4 is 27.7 Å². The molecule has 0 radical (unpaired) electrons. The Bertz CT molecular complexity index is 389. The van der Waals surface area contributed by atoms with Gasteiger partial charge in [0.15, 0.2) is 0 Å². The van der Waals surface area contributed by atoms with Crippen molar-refractivity contribution in [1.29, 1.82) is 0 Å². The molecule has 0 aromatic carbocycles. The van der Waals surface area contributed by atoms with Gasteiger partial charge in [-0.25, -0.2) is 4.98 Å². The average molecular weight is 313 g/mol. The highest BCUT2D eigenvalue weighted by Crippen LogP contribution is 2.28. The van der Waals surface area contributed by atoms with E-state index in [1.807, 2.05) is 6.20 Å². The smallest absolute Gasteiger partial charge is 0.224 e. The molecule has 2 heterocycles. The second-order valence-corrected chi connectivity index (χ2v) is 5.82. The van der Waals surface area contributed by atoms with Crippen LogP contribution in [0.2, 0.25) is 0 Å². The summed E-state index contributed by atoms with van der Waals surface area (Å²) in [6, 6.07) is 0. The van der Waals surface area contributed by atoms with E-state index < -0.39 is 0 Å². The quantitative estimate of drug-likeness (QED) is 0.926. The molecule has 0 saturated carbocycles. The lowest BCUT2D eigenvalue weighted by molar-refractivity contribution is 0.436. The fourth-order valence-corrected chi connectivity index (χ4v) is 2.56. The van der Waals surface area contributed by atoms with Crippen molar-refractivity contribution in [2.75, 3.05) is 29.9 Å². The van der Waals surface area contributed by atoms with Crippen LogP contribution in [0.25, 0.3) is 0 Å². The minimum atomic E-state index is 0.730. The Balaban J connectivity index is 2.10. The lowest BCUT2D eigenvalue weighted by atomic mass is 9.99. The third-order valence-corrected chi connectivity index (χ3v) is 3.90. The SMILES string of the molecule is CCCNc1ncc(Br)c(N2CCC(C)CC2)n1. The Morgan fingerprint density at radius 1 is 1.44 bits per heavy atom. The molecule has 4 nitrogen and oxygen atoms in total. The van der Waals surface area contributed by atoms with E-state index in [1.165, 1.54) is 12.8 Å². The maximum atomic E-state index is 4.62. The third kappa shape index (κ3) is 3.34. The summed E-state index contributed by atoms with van der Waals surface area (Å²) < 4.78 is 0.985. The summed E-state index contributed by atoms with van der Waals surface area (Å²) in [5.41, 5.74) is 0. The Morgan fingerprint density at radius 3 is 2.83 bits per heavy atom. The highest BCUT2D eigenvalue weighted by molar-refractivity contribution is 9.10. The summed E-state index contributed by atoms with van der Waals surface area (Å²) in [6.07, 6.45) is 5.41. The molecule has 1 aliphatic heterocycles. The molecular weight excluding hydrogens is 292 g/mol. The standard InChI is InChI=1S/C13H21BrN4/c1-3-6-15-13-16-9-11(14)12(17-13)18-7-4-10(2)5-8-18/h9-10H,3-8H2,1-2H3,(H,15,16,17). The topological polar surface area (TPSA) is 41.1 Å². The van der Waals surface area contributed by atoms with Crippen molar-refractivity contribution in [3.63, 3.8) is 0 Å². The summed E-state index contributed by atoms with van der Waals surface area (Å²) in [7, 11) is 0. The first-order valence-electron chi connectivity index (χ1n) is 6.72. The van der Waals surface area contributed by atoms with E-state index in [2.05, 4.69) is 50.0 Å². The molecule has 0 aliphatic carbocycles. The maximum absolute atomic E-state index is 4.62. The van der Waals surface area contributed by atoms with Gasteiger partial charge in [0.2, 0.25) is 5.95 Å². The van der Waals surface area contributed by atoms with Crippen molar-refractivity contribution < 1.29 is 0 Å². The maximum Gasteiger partial charge on any atom is 0.224 e. The molecule has 5 heteroatoms. The van der Waals surface area contributed by atoms with Crippen LogP contribution in [0.3, 0.4) is 0 Å². The van der Waals surface area contributed by atoms with Gasteiger partial charge in [0.05, 0.1) is 4.47 Å². The van der Waals surface area contributed by atoms with Crippen molar-refractivity contribution in [2.45, 2.75) is 33.1 Å². The molecular formula is C13H21BrN4. The molecule has 1 aliphatic rings. The molecule has 0 bridgehead atoms. The van der Waals surface area contributed by atoms with Crippen LogP contribution in [0, 0.1) is 5.92 Å². The van der Waals surface area contributed by atoms with Gasteiger partial charge in [-0.1, -0.05) is 13.8 Å². The number of halogens is 1. The number of aromatic nitrogens is 2. The molecule has 0 unspecified atom stereocenters. The largest absolute Gasteiger partial charge is 0.355 e. The van der Waals surface area contributed by atoms with Crippen molar-refractivity contribution in [2.24, 2.45) is 5.92 Å². The fraction of sp³-hybridized carbons (Fsp3) is 0.692. The molecule has 1 fully saturated rings. The molecule has 1 aromatic heterocycles. The van der Waals surface area contributed by atoms with Gasteiger partial charge in [-0.05, 0) is 41.1 Å². The highest BCUT2D eigenvalue weighted by Gasteiger charge is 2.19. The van der Waals surface area contributed by atoms with Crippen LogP contribution in [0.15, 0.2) is 10.7 Å². The van der Waals surface area contributed by atoms with Gasteiger partial charge in [-0.3, -0.25) is 0 Å². The normalized spacial score (nSPS) is 16.9. The number of nitrogens with one attached hydrogen (secondary N) is 1. The van der Waals surface area contributed by atoms with Crippen LogP contribution in [0.1, 0.15) is 33.1 Å². The lowest BCUT2D eigenvalue weighted by Crippen LogP contribution is -2.33. The van der Waals surface area contributed by atoms with Gasteiger partial charge >= 0.3 is 0 Å². The van der Waals surface area contributed by atoms with E-state index in [4.69, 9.17) is 0 Å². The van der Waals surface area contributed by atoms with Crippen molar-refractivity contribution in [3.8, 4) is 0 Å². The third-order valence-electron chi connectivity index (χ3n) is 3.34. The molecule has 0 spiro atoms. The summed E-state index contributed by atoms with van der Waals surface area (Å²) in [6.45, 7) is 7.55. The molecule has 0 atom stereocenters. The number of hydrogen-bond acceptors (Lipinski definition) is 4. The Kier molecular flexibility index (Phi) is 4.80. The first-order chi connectivity index (χ1) is 8.70. The van der Waals surface area contributed by atoms with Crippen LogP contribution >= 0.6 is 15.9 Å². The van der Waals surface area contributed by atoms with E-state index in [0.29, 0.717) is 0 Å². The Morgan fingerprint density at radius 2 is 2.17 bits per heavy atom. The minimum absolute atomic E-state index is 0.730.